The van der Waals surface area contributed by atoms with Crippen LogP contribution in [0.3, 0.4) is 0 Å². The first kappa shape index (κ1) is 19.4. The van der Waals surface area contributed by atoms with Gasteiger partial charge in [0.1, 0.15) is 12.4 Å². The van der Waals surface area contributed by atoms with Crippen LogP contribution in [0, 0.1) is 11.3 Å². The highest BCUT2D eigenvalue weighted by Gasteiger charge is 2.02. The molecule has 0 fully saturated rings. The summed E-state index contributed by atoms with van der Waals surface area (Å²) in [5.74, 6) is -0.560. The number of carbonyl (C=O) groups excluding carboxylic acids is 1. The van der Waals surface area contributed by atoms with Gasteiger partial charge in [0, 0.05) is 4.47 Å². The molecule has 0 aliphatic carbocycles. The van der Waals surface area contributed by atoms with Crippen molar-refractivity contribution in [1.29, 1.82) is 5.26 Å². The summed E-state index contributed by atoms with van der Waals surface area (Å²) in [6.07, 6.45) is 1.82. The molecule has 3 rings (SSSR count). The number of ether oxygens (including phenoxy) is 1. The van der Waals surface area contributed by atoms with Gasteiger partial charge in [0.25, 0.3) is 0 Å². The molecule has 0 radical (unpaired) electrons. The van der Waals surface area contributed by atoms with E-state index in [9.17, 15) is 15.2 Å². The van der Waals surface area contributed by atoms with E-state index in [2.05, 4.69) is 22.0 Å². The molecule has 138 valence electrons. The van der Waals surface area contributed by atoms with Gasteiger partial charge in [-0.2, -0.15) is 5.26 Å². The van der Waals surface area contributed by atoms with Crippen LogP contribution in [0.15, 0.2) is 77.3 Å². The highest BCUT2D eigenvalue weighted by molar-refractivity contribution is 9.10. The van der Waals surface area contributed by atoms with Crippen LogP contribution in [-0.4, -0.2) is 5.97 Å². The van der Waals surface area contributed by atoms with Crippen LogP contribution in [0.5, 0.6) is 5.75 Å². The van der Waals surface area contributed by atoms with E-state index in [0.29, 0.717) is 11.3 Å². The summed E-state index contributed by atoms with van der Waals surface area (Å²) < 4.78 is 6.67. The number of carboxylic acid groups (broad SMARTS) is 1. The SMILES string of the molecule is N#C/C(=C\c1ccc(OCc2cccc(C(=O)[O-])c2)cc1)c1ccc(Br)cc1. The maximum Gasteiger partial charge on any atom is 0.119 e. The maximum absolute atomic E-state index is 10.9. The zero-order valence-electron chi connectivity index (χ0n) is 14.8. The van der Waals surface area contributed by atoms with Crippen LogP contribution in [0.1, 0.15) is 27.0 Å². The third-order valence-electron chi connectivity index (χ3n) is 4.03. The number of aromatic carboxylic acids is 1. The third-order valence-corrected chi connectivity index (χ3v) is 4.56. The molecule has 0 atom stereocenters. The molecule has 28 heavy (non-hydrogen) atoms. The van der Waals surface area contributed by atoms with E-state index < -0.39 is 5.97 Å². The van der Waals surface area contributed by atoms with E-state index >= 15 is 0 Å². The second-order valence-corrected chi connectivity index (χ2v) is 6.94. The number of hydrogen-bond acceptors (Lipinski definition) is 4. The Morgan fingerprint density at radius 1 is 1.04 bits per heavy atom. The normalized spacial score (nSPS) is 10.9. The molecule has 5 heteroatoms. The van der Waals surface area contributed by atoms with E-state index in [1.54, 1.807) is 12.1 Å². The van der Waals surface area contributed by atoms with Crippen molar-refractivity contribution >= 4 is 33.5 Å². The van der Waals surface area contributed by atoms with Crippen molar-refractivity contribution in [3.63, 3.8) is 0 Å². The molecule has 0 spiro atoms. The minimum absolute atomic E-state index is 0.124. The summed E-state index contributed by atoms with van der Waals surface area (Å²) in [6.45, 7) is 0.249. The number of rotatable bonds is 6. The Kier molecular flexibility index (Phi) is 6.25. The van der Waals surface area contributed by atoms with Crippen molar-refractivity contribution in [3.8, 4) is 11.8 Å². The number of hydrogen-bond donors (Lipinski definition) is 0. The largest absolute Gasteiger partial charge is 0.545 e. The van der Waals surface area contributed by atoms with Crippen molar-refractivity contribution in [2.24, 2.45) is 0 Å². The molecule has 4 nitrogen and oxygen atoms in total. The number of halogens is 1. The highest BCUT2D eigenvalue weighted by atomic mass is 79.9. The second kappa shape index (κ2) is 9.03. The lowest BCUT2D eigenvalue weighted by Crippen LogP contribution is -2.22. The zero-order chi connectivity index (χ0) is 19.9. The van der Waals surface area contributed by atoms with E-state index in [1.807, 2.05) is 54.6 Å². The number of carbonyl (C=O) groups is 1. The predicted octanol–water partition coefficient (Wildman–Crippen LogP) is 4.46. The van der Waals surface area contributed by atoms with Gasteiger partial charge >= 0.3 is 0 Å². The van der Waals surface area contributed by atoms with Crippen molar-refractivity contribution in [3.05, 3.63) is 99.5 Å². The number of nitriles is 1. The summed E-state index contributed by atoms with van der Waals surface area (Å²) in [4.78, 5) is 10.9. The lowest BCUT2D eigenvalue weighted by Gasteiger charge is -2.09. The lowest BCUT2D eigenvalue weighted by atomic mass is 10.0. The fraction of sp³-hybridized carbons (Fsp3) is 0.0435. The van der Waals surface area contributed by atoms with Gasteiger partial charge < -0.3 is 14.6 Å². The molecular weight excluding hydrogens is 418 g/mol. The quantitative estimate of drug-likeness (QED) is 0.425. The summed E-state index contributed by atoms with van der Waals surface area (Å²) in [5.41, 5.74) is 3.16. The van der Waals surface area contributed by atoms with Crippen LogP contribution < -0.4 is 9.84 Å². The lowest BCUT2D eigenvalue weighted by molar-refractivity contribution is -0.255. The van der Waals surface area contributed by atoms with Crippen molar-refractivity contribution in [2.75, 3.05) is 0 Å². The van der Waals surface area contributed by atoms with Gasteiger partial charge in [0.2, 0.25) is 0 Å². The number of benzene rings is 3. The molecule has 0 saturated heterocycles. The first-order valence-electron chi connectivity index (χ1n) is 8.46. The number of carboxylic acids is 1. The summed E-state index contributed by atoms with van der Waals surface area (Å²) >= 11 is 3.39. The summed E-state index contributed by atoms with van der Waals surface area (Å²) in [7, 11) is 0. The molecule has 0 saturated carbocycles. The van der Waals surface area contributed by atoms with E-state index in [-0.39, 0.29) is 12.2 Å². The van der Waals surface area contributed by atoms with Gasteiger partial charge in [-0.1, -0.05) is 58.4 Å². The first-order valence-corrected chi connectivity index (χ1v) is 9.25. The third kappa shape index (κ3) is 5.09. The molecule has 3 aromatic rings. The predicted molar refractivity (Wildman–Crippen MR) is 109 cm³/mol. The Bertz CT molecular complexity index is 1050. The highest BCUT2D eigenvalue weighted by Crippen LogP contribution is 2.22. The van der Waals surface area contributed by atoms with Gasteiger partial charge in [-0.05, 0) is 58.7 Å². The second-order valence-electron chi connectivity index (χ2n) is 6.02. The fourth-order valence-electron chi connectivity index (χ4n) is 2.59. The number of allylic oxidation sites excluding steroid dienone is 1. The average Bonchev–Trinajstić information content (AvgIpc) is 2.72. The minimum atomic E-state index is -1.21. The average molecular weight is 433 g/mol. The van der Waals surface area contributed by atoms with Gasteiger partial charge in [-0.25, -0.2) is 0 Å². The molecule has 0 heterocycles. The van der Waals surface area contributed by atoms with Crippen molar-refractivity contribution < 1.29 is 14.6 Å². The molecule has 0 amide bonds. The Balaban J connectivity index is 1.69. The summed E-state index contributed by atoms with van der Waals surface area (Å²) in [6, 6.07) is 23.6. The Labute approximate surface area is 171 Å². The van der Waals surface area contributed by atoms with Crippen LogP contribution in [0.4, 0.5) is 0 Å². The minimum Gasteiger partial charge on any atom is -0.545 e. The number of nitrogens with zero attached hydrogens (tertiary/aromatic N) is 1. The Morgan fingerprint density at radius 2 is 1.75 bits per heavy atom. The maximum atomic E-state index is 10.9. The van der Waals surface area contributed by atoms with Gasteiger partial charge in [-0.3, -0.25) is 0 Å². The van der Waals surface area contributed by atoms with Gasteiger partial charge in [0.15, 0.2) is 0 Å². The van der Waals surface area contributed by atoms with Crippen LogP contribution in [-0.2, 0) is 6.61 Å². The van der Waals surface area contributed by atoms with Crippen molar-refractivity contribution in [1.82, 2.24) is 0 Å². The monoisotopic (exact) mass is 432 g/mol. The summed E-state index contributed by atoms with van der Waals surface area (Å²) in [5, 5.41) is 20.3. The molecule has 3 aromatic carbocycles. The van der Waals surface area contributed by atoms with Crippen LogP contribution in [0.25, 0.3) is 11.6 Å². The zero-order valence-corrected chi connectivity index (χ0v) is 16.3. The van der Waals surface area contributed by atoms with E-state index in [4.69, 9.17) is 4.74 Å². The standard InChI is InChI=1S/C23H16BrNO3/c24-21-8-6-18(7-9-21)20(14-25)12-16-4-10-22(11-5-16)28-15-17-2-1-3-19(13-17)23(26)27/h1-13H,15H2,(H,26,27)/p-1/b20-12+. The van der Waals surface area contributed by atoms with Gasteiger partial charge in [0.05, 0.1) is 17.6 Å². The molecular formula is C23H15BrNO3-. The molecule has 0 unspecified atom stereocenters. The smallest absolute Gasteiger partial charge is 0.119 e. The first-order chi connectivity index (χ1) is 13.5. The topological polar surface area (TPSA) is 73.1 Å². The van der Waals surface area contributed by atoms with Gasteiger partial charge in [-0.15, -0.1) is 0 Å². The van der Waals surface area contributed by atoms with Crippen molar-refractivity contribution in [2.45, 2.75) is 6.61 Å². The molecule has 0 aromatic heterocycles. The van der Waals surface area contributed by atoms with Crippen LogP contribution >= 0.6 is 15.9 Å². The Morgan fingerprint density at radius 3 is 2.39 bits per heavy atom. The fourth-order valence-corrected chi connectivity index (χ4v) is 2.86. The molecule has 0 bridgehead atoms. The Hall–Kier alpha value is -3.36. The van der Waals surface area contributed by atoms with Crippen LogP contribution in [0.2, 0.25) is 0 Å². The molecule has 0 aliphatic rings. The van der Waals surface area contributed by atoms with E-state index in [1.165, 1.54) is 12.1 Å². The van der Waals surface area contributed by atoms with E-state index in [0.717, 1.165) is 21.2 Å². The molecule has 0 N–H and O–H groups in total. The molecule has 0 aliphatic heterocycles.